The maximum Gasteiger partial charge on any atom is 0.243 e. The Bertz CT molecular complexity index is 145. The molecule has 0 saturated carbocycles. The van der Waals surface area contributed by atoms with Crippen LogP contribution in [-0.2, 0) is 0 Å². The van der Waals surface area contributed by atoms with Crippen LogP contribution >= 0.6 is 22.6 Å². The van der Waals surface area contributed by atoms with Crippen molar-refractivity contribution in [3.8, 4) is 5.88 Å². The van der Waals surface area contributed by atoms with Crippen LogP contribution in [0.1, 0.15) is 0 Å². The van der Waals surface area contributed by atoms with Gasteiger partial charge in [-0.05, 0) is 22.6 Å². The van der Waals surface area contributed by atoms with E-state index in [1.807, 2.05) is 22.6 Å². The van der Waals surface area contributed by atoms with E-state index in [4.69, 9.17) is 5.11 Å². The zero-order chi connectivity index (χ0) is 5.28. The number of halogens is 1. The number of nitrogens with one attached hydrogen (secondary N) is 1. The number of nitrogens with zero attached hydrogens (tertiary/aromatic N) is 1. The second kappa shape index (κ2) is 1.69. The number of hydrogen-bond donors (Lipinski definition) is 2. The number of aromatic nitrogens is 2. The average Bonchev–Trinajstić information content (AvgIpc) is 1.91. The molecular weight excluding hydrogens is 207 g/mol. The summed E-state index contributed by atoms with van der Waals surface area (Å²) >= 11 is 1.98. The number of rotatable bonds is 0. The Kier molecular flexibility index (Phi) is 1.18. The van der Waals surface area contributed by atoms with Gasteiger partial charge in [-0.15, -0.1) is 5.10 Å². The van der Waals surface area contributed by atoms with Crippen molar-refractivity contribution < 1.29 is 5.11 Å². The first kappa shape index (κ1) is 4.89. The summed E-state index contributed by atoms with van der Waals surface area (Å²) in [7, 11) is 0. The van der Waals surface area contributed by atoms with Crippen molar-refractivity contribution in [2.45, 2.75) is 0 Å². The second-order valence-electron chi connectivity index (χ2n) is 1.06. The fraction of sp³-hybridized carbons (Fsp3) is 0. The predicted molar refractivity (Wildman–Crippen MR) is 33.0 cm³/mol. The molecule has 0 bridgehead atoms. The van der Waals surface area contributed by atoms with Crippen molar-refractivity contribution in [3.63, 3.8) is 0 Å². The molecule has 0 spiro atoms. The highest BCUT2D eigenvalue weighted by atomic mass is 127. The molecule has 3 nitrogen and oxygen atoms in total. The predicted octanol–water partition coefficient (Wildman–Crippen LogP) is 0.720. The van der Waals surface area contributed by atoms with E-state index in [0.29, 0.717) is 0 Å². The summed E-state index contributed by atoms with van der Waals surface area (Å²) in [6.07, 6.45) is 1.62. The molecule has 1 heterocycles. The topological polar surface area (TPSA) is 48.9 Å². The van der Waals surface area contributed by atoms with Crippen LogP contribution in [0.15, 0.2) is 6.20 Å². The molecule has 38 valence electrons. The lowest BCUT2D eigenvalue weighted by Crippen LogP contribution is -1.62. The minimum Gasteiger partial charge on any atom is -0.491 e. The summed E-state index contributed by atoms with van der Waals surface area (Å²) < 4.78 is 0.748. The maximum atomic E-state index is 8.61. The number of hydrogen-bond acceptors (Lipinski definition) is 2. The Morgan fingerprint density at radius 3 is 2.71 bits per heavy atom. The Labute approximate surface area is 53.9 Å². The van der Waals surface area contributed by atoms with E-state index >= 15 is 0 Å². The van der Waals surface area contributed by atoms with Gasteiger partial charge in [0.1, 0.15) is 0 Å². The van der Waals surface area contributed by atoms with Gasteiger partial charge in [0.2, 0.25) is 5.88 Å². The molecule has 0 amide bonds. The zero-order valence-electron chi connectivity index (χ0n) is 3.35. The van der Waals surface area contributed by atoms with Crippen LogP contribution in [0.4, 0.5) is 0 Å². The number of aromatic hydroxyl groups is 1. The number of aromatic amines is 1. The Balaban J connectivity index is 3.12. The lowest BCUT2D eigenvalue weighted by molar-refractivity contribution is 0.448. The zero-order valence-corrected chi connectivity index (χ0v) is 5.51. The quantitative estimate of drug-likeness (QED) is 0.619. The fourth-order valence-electron chi connectivity index (χ4n) is 0.268. The van der Waals surface area contributed by atoms with Gasteiger partial charge < -0.3 is 5.11 Å². The molecule has 2 N–H and O–H groups in total. The number of H-pyrrole nitrogens is 1. The first-order valence-electron chi connectivity index (χ1n) is 1.69. The van der Waals surface area contributed by atoms with Gasteiger partial charge in [0.05, 0.1) is 3.57 Å². The molecule has 0 radical (unpaired) electrons. The normalized spacial score (nSPS) is 9.29. The van der Waals surface area contributed by atoms with E-state index in [2.05, 4.69) is 10.2 Å². The molecule has 1 aromatic rings. The van der Waals surface area contributed by atoms with Crippen LogP contribution in [0.2, 0.25) is 0 Å². The summed E-state index contributed by atoms with van der Waals surface area (Å²) in [6.45, 7) is 0. The fourth-order valence-corrected chi connectivity index (χ4v) is 0.528. The third-order valence-electron chi connectivity index (χ3n) is 0.575. The van der Waals surface area contributed by atoms with Crippen LogP contribution in [0.3, 0.4) is 0 Å². The standard InChI is InChI=1S/C3H3IN2O/c4-2-1-5-6-3(2)7/h1H,(H2,5,6,7). The highest BCUT2D eigenvalue weighted by Gasteiger charge is 1.93. The highest BCUT2D eigenvalue weighted by molar-refractivity contribution is 14.1. The van der Waals surface area contributed by atoms with E-state index < -0.39 is 0 Å². The average molecular weight is 210 g/mol. The van der Waals surface area contributed by atoms with Crippen LogP contribution in [0.25, 0.3) is 0 Å². The summed E-state index contributed by atoms with van der Waals surface area (Å²) in [4.78, 5) is 0. The molecule has 0 saturated heterocycles. The summed E-state index contributed by atoms with van der Waals surface area (Å²) in [5.41, 5.74) is 0. The lowest BCUT2D eigenvalue weighted by Gasteiger charge is -1.74. The van der Waals surface area contributed by atoms with Crippen LogP contribution in [0.5, 0.6) is 5.88 Å². The van der Waals surface area contributed by atoms with Crippen LogP contribution in [-0.4, -0.2) is 15.3 Å². The van der Waals surface area contributed by atoms with E-state index in [1.54, 1.807) is 6.20 Å². The van der Waals surface area contributed by atoms with Crippen LogP contribution in [0, 0.1) is 3.57 Å². The van der Waals surface area contributed by atoms with Crippen molar-refractivity contribution >= 4 is 22.6 Å². The van der Waals surface area contributed by atoms with Gasteiger partial charge in [-0.25, -0.2) is 0 Å². The monoisotopic (exact) mass is 210 g/mol. The van der Waals surface area contributed by atoms with E-state index in [1.165, 1.54) is 0 Å². The SMILES string of the molecule is Oc1n[nH]cc1I. The van der Waals surface area contributed by atoms with Gasteiger partial charge in [-0.1, -0.05) is 0 Å². The molecule has 1 aromatic heterocycles. The summed E-state index contributed by atoms with van der Waals surface area (Å²) in [6, 6.07) is 0. The molecule has 1 rings (SSSR count). The molecule has 0 atom stereocenters. The van der Waals surface area contributed by atoms with E-state index in [-0.39, 0.29) is 5.88 Å². The Morgan fingerprint density at radius 1 is 1.86 bits per heavy atom. The van der Waals surface area contributed by atoms with Crippen molar-refractivity contribution in [1.82, 2.24) is 10.2 Å². The molecule has 0 aliphatic heterocycles. The smallest absolute Gasteiger partial charge is 0.243 e. The van der Waals surface area contributed by atoms with Crippen molar-refractivity contribution in [2.75, 3.05) is 0 Å². The van der Waals surface area contributed by atoms with Gasteiger partial charge in [-0.3, -0.25) is 5.10 Å². The van der Waals surface area contributed by atoms with Gasteiger partial charge >= 0.3 is 0 Å². The lowest BCUT2D eigenvalue weighted by atomic mass is 10.7. The van der Waals surface area contributed by atoms with Gasteiger partial charge in [0, 0.05) is 6.20 Å². The first-order chi connectivity index (χ1) is 3.30. The van der Waals surface area contributed by atoms with Crippen molar-refractivity contribution in [1.29, 1.82) is 0 Å². The second-order valence-corrected chi connectivity index (χ2v) is 2.22. The first-order valence-corrected chi connectivity index (χ1v) is 2.77. The molecule has 0 aromatic carbocycles. The summed E-state index contributed by atoms with van der Waals surface area (Å²) in [5.74, 6) is 0.0700. The Morgan fingerprint density at radius 2 is 2.57 bits per heavy atom. The third-order valence-corrected chi connectivity index (χ3v) is 1.37. The highest BCUT2D eigenvalue weighted by Crippen LogP contribution is 2.12. The van der Waals surface area contributed by atoms with Gasteiger partial charge in [0.15, 0.2) is 0 Å². The molecule has 0 aliphatic carbocycles. The minimum atomic E-state index is 0.0700. The molecule has 0 unspecified atom stereocenters. The largest absolute Gasteiger partial charge is 0.491 e. The van der Waals surface area contributed by atoms with Gasteiger partial charge in [0.25, 0.3) is 0 Å². The van der Waals surface area contributed by atoms with Crippen molar-refractivity contribution in [2.24, 2.45) is 0 Å². The van der Waals surface area contributed by atoms with Gasteiger partial charge in [-0.2, -0.15) is 0 Å². The van der Waals surface area contributed by atoms with Crippen molar-refractivity contribution in [3.05, 3.63) is 9.77 Å². The minimum absolute atomic E-state index is 0.0700. The van der Waals surface area contributed by atoms with E-state index in [0.717, 1.165) is 3.57 Å². The summed E-state index contributed by atoms with van der Waals surface area (Å²) in [5, 5.41) is 14.5. The molecular formula is C3H3IN2O. The third kappa shape index (κ3) is 0.846. The molecule has 4 heteroatoms. The molecule has 0 aliphatic rings. The molecule has 0 fully saturated rings. The molecule has 7 heavy (non-hydrogen) atoms. The Hall–Kier alpha value is -0.260. The maximum absolute atomic E-state index is 8.61. The van der Waals surface area contributed by atoms with Crippen LogP contribution < -0.4 is 0 Å². The van der Waals surface area contributed by atoms with E-state index in [9.17, 15) is 0 Å².